The van der Waals surface area contributed by atoms with Crippen molar-refractivity contribution in [2.75, 3.05) is 0 Å². The molecule has 4 nitrogen and oxygen atoms in total. The lowest BCUT2D eigenvalue weighted by Gasteiger charge is -2.01. The van der Waals surface area contributed by atoms with Crippen LogP contribution in [0.1, 0.15) is 22.1 Å². The number of hydrogen-bond donors (Lipinski definition) is 0. The first kappa shape index (κ1) is 13.4. The van der Waals surface area contributed by atoms with Crippen LogP contribution in [-0.2, 0) is 24.7 Å². The van der Waals surface area contributed by atoms with Crippen molar-refractivity contribution in [1.29, 1.82) is 0 Å². The van der Waals surface area contributed by atoms with Crippen LogP contribution in [0.2, 0.25) is 0 Å². The molecule has 2 aromatic rings. The van der Waals surface area contributed by atoms with Crippen molar-refractivity contribution in [2.24, 2.45) is 7.05 Å². The highest BCUT2D eigenvalue weighted by Gasteiger charge is 2.15. The first-order valence-corrected chi connectivity index (χ1v) is 7.25. The Kier molecular flexibility index (Phi) is 3.97. The molecule has 0 spiro atoms. The van der Waals surface area contributed by atoms with Crippen LogP contribution in [-0.4, -0.2) is 20.5 Å². The minimum Gasteiger partial charge on any atom is -0.299 e. The van der Waals surface area contributed by atoms with Gasteiger partial charge in [-0.2, -0.15) is 5.10 Å². The van der Waals surface area contributed by atoms with Crippen molar-refractivity contribution in [2.45, 2.75) is 26.7 Å². The van der Waals surface area contributed by atoms with E-state index in [0.29, 0.717) is 12.8 Å². The molecule has 18 heavy (non-hydrogen) atoms. The molecule has 2 rings (SSSR count). The molecular weight excluding hydrogens is 314 g/mol. The van der Waals surface area contributed by atoms with E-state index < -0.39 is 0 Å². The van der Waals surface area contributed by atoms with Gasteiger partial charge >= 0.3 is 0 Å². The second kappa shape index (κ2) is 5.32. The van der Waals surface area contributed by atoms with Gasteiger partial charge in [-0.1, -0.05) is 0 Å². The standard InChI is InChI=1S/C12H14BrN3OS/c1-7-12(13)11(16(3)15-7)5-10(17)4-9-6-18-8(2)14-9/h6H,4-5H2,1-3H3. The number of thiazole rings is 1. The smallest absolute Gasteiger partial charge is 0.144 e. The van der Waals surface area contributed by atoms with Crippen LogP contribution in [0.15, 0.2) is 9.85 Å². The van der Waals surface area contributed by atoms with Crippen LogP contribution < -0.4 is 0 Å². The van der Waals surface area contributed by atoms with Gasteiger partial charge in [0, 0.05) is 25.3 Å². The van der Waals surface area contributed by atoms with Gasteiger partial charge < -0.3 is 0 Å². The Bertz CT molecular complexity index is 588. The summed E-state index contributed by atoms with van der Waals surface area (Å²) in [5.41, 5.74) is 2.69. The predicted octanol–water partition coefficient (Wildman–Crippen LogP) is 2.61. The largest absolute Gasteiger partial charge is 0.299 e. The summed E-state index contributed by atoms with van der Waals surface area (Å²) < 4.78 is 2.68. The van der Waals surface area contributed by atoms with Crippen LogP contribution >= 0.6 is 27.3 Å². The Hall–Kier alpha value is -1.01. The third-order valence-electron chi connectivity index (χ3n) is 2.67. The maximum atomic E-state index is 12.0. The number of carbonyl (C=O) groups excluding carboxylic acids is 1. The summed E-state index contributed by atoms with van der Waals surface area (Å²) >= 11 is 5.04. The molecule has 0 aliphatic carbocycles. The Balaban J connectivity index is 2.07. The summed E-state index contributed by atoms with van der Waals surface area (Å²) in [7, 11) is 1.85. The van der Waals surface area contributed by atoms with Gasteiger partial charge in [0.2, 0.25) is 0 Å². The fourth-order valence-electron chi connectivity index (χ4n) is 1.81. The maximum Gasteiger partial charge on any atom is 0.144 e. The molecule has 0 amide bonds. The van der Waals surface area contributed by atoms with E-state index in [1.165, 1.54) is 0 Å². The van der Waals surface area contributed by atoms with E-state index in [4.69, 9.17) is 0 Å². The van der Waals surface area contributed by atoms with Gasteiger partial charge in [-0.3, -0.25) is 9.48 Å². The first-order valence-electron chi connectivity index (χ1n) is 5.58. The maximum absolute atomic E-state index is 12.0. The fraction of sp³-hybridized carbons (Fsp3) is 0.417. The molecule has 2 aromatic heterocycles. The van der Waals surface area contributed by atoms with Gasteiger partial charge in [0.15, 0.2) is 0 Å². The number of Topliss-reactive ketones (excluding diaryl/α,β-unsaturated/α-hetero) is 1. The Morgan fingerprint density at radius 2 is 2.17 bits per heavy atom. The number of carbonyl (C=O) groups is 1. The molecule has 0 saturated heterocycles. The Labute approximate surface area is 118 Å². The van der Waals surface area contributed by atoms with Crippen molar-refractivity contribution < 1.29 is 4.79 Å². The molecule has 96 valence electrons. The molecule has 0 radical (unpaired) electrons. The quantitative estimate of drug-likeness (QED) is 0.867. The van der Waals surface area contributed by atoms with Gasteiger partial charge in [-0.05, 0) is 29.8 Å². The second-order valence-corrected chi connectivity index (χ2v) is 6.08. The average molecular weight is 328 g/mol. The minimum atomic E-state index is 0.156. The van der Waals surface area contributed by atoms with Gasteiger partial charge in [-0.15, -0.1) is 11.3 Å². The predicted molar refractivity (Wildman–Crippen MR) is 74.9 cm³/mol. The lowest BCUT2D eigenvalue weighted by atomic mass is 10.1. The molecular formula is C12H14BrN3OS. The number of aryl methyl sites for hydroxylation is 3. The summed E-state index contributed by atoms with van der Waals surface area (Å²) in [6, 6.07) is 0. The molecule has 0 aliphatic heterocycles. The van der Waals surface area contributed by atoms with Crippen LogP contribution in [0.5, 0.6) is 0 Å². The SMILES string of the molecule is Cc1nc(CC(=O)Cc2c(Br)c(C)nn2C)cs1. The fourth-order valence-corrected chi connectivity index (χ4v) is 2.90. The van der Waals surface area contributed by atoms with Crippen LogP contribution in [0.25, 0.3) is 0 Å². The molecule has 2 heterocycles. The number of halogens is 1. The lowest BCUT2D eigenvalue weighted by Crippen LogP contribution is -2.10. The van der Waals surface area contributed by atoms with Crippen molar-refractivity contribution in [3.63, 3.8) is 0 Å². The van der Waals surface area contributed by atoms with Crippen molar-refractivity contribution in [3.8, 4) is 0 Å². The number of hydrogen-bond acceptors (Lipinski definition) is 4. The van der Waals surface area contributed by atoms with Crippen LogP contribution in [0.4, 0.5) is 0 Å². The number of aromatic nitrogens is 3. The molecule has 0 bridgehead atoms. The molecule has 6 heteroatoms. The minimum absolute atomic E-state index is 0.156. The topological polar surface area (TPSA) is 47.8 Å². The second-order valence-electron chi connectivity index (χ2n) is 4.22. The van der Waals surface area contributed by atoms with Crippen molar-refractivity contribution in [1.82, 2.24) is 14.8 Å². The van der Waals surface area contributed by atoms with E-state index in [2.05, 4.69) is 26.0 Å². The molecule has 0 N–H and O–H groups in total. The monoisotopic (exact) mass is 327 g/mol. The molecule has 0 fully saturated rings. The molecule has 0 aromatic carbocycles. The van der Waals surface area contributed by atoms with Crippen LogP contribution in [0, 0.1) is 13.8 Å². The van der Waals surface area contributed by atoms with Gasteiger partial charge in [0.05, 0.1) is 26.6 Å². The number of ketones is 1. The van der Waals surface area contributed by atoms with E-state index in [0.717, 1.165) is 26.6 Å². The highest BCUT2D eigenvalue weighted by atomic mass is 79.9. The zero-order valence-electron chi connectivity index (χ0n) is 10.5. The number of rotatable bonds is 4. The Morgan fingerprint density at radius 3 is 2.67 bits per heavy atom. The summed E-state index contributed by atoms with van der Waals surface area (Å²) in [5, 5.41) is 7.22. The van der Waals surface area contributed by atoms with Gasteiger partial charge in [-0.25, -0.2) is 4.98 Å². The molecule has 0 aliphatic rings. The average Bonchev–Trinajstić information content (AvgIpc) is 2.78. The normalized spacial score (nSPS) is 10.9. The summed E-state index contributed by atoms with van der Waals surface area (Å²) in [5.74, 6) is 0.156. The molecule has 0 saturated carbocycles. The van der Waals surface area contributed by atoms with E-state index in [9.17, 15) is 4.79 Å². The summed E-state index contributed by atoms with van der Waals surface area (Å²) in [4.78, 5) is 16.3. The zero-order chi connectivity index (χ0) is 13.3. The van der Waals surface area contributed by atoms with E-state index in [1.807, 2.05) is 26.3 Å². The van der Waals surface area contributed by atoms with Crippen molar-refractivity contribution >= 4 is 33.0 Å². The molecule has 0 atom stereocenters. The highest BCUT2D eigenvalue weighted by Crippen LogP contribution is 2.21. The third-order valence-corrected chi connectivity index (χ3v) is 4.52. The first-order chi connectivity index (χ1) is 8.47. The Morgan fingerprint density at radius 1 is 1.44 bits per heavy atom. The van der Waals surface area contributed by atoms with E-state index in [-0.39, 0.29) is 5.78 Å². The zero-order valence-corrected chi connectivity index (χ0v) is 12.9. The third kappa shape index (κ3) is 2.87. The van der Waals surface area contributed by atoms with Crippen molar-refractivity contribution in [3.05, 3.63) is 31.9 Å². The molecule has 0 unspecified atom stereocenters. The lowest BCUT2D eigenvalue weighted by molar-refractivity contribution is -0.117. The van der Waals surface area contributed by atoms with Crippen LogP contribution in [0.3, 0.4) is 0 Å². The highest BCUT2D eigenvalue weighted by molar-refractivity contribution is 9.10. The van der Waals surface area contributed by atoms with Gasteiger partial charge in [0.25, 0.3) is 0 Å². The van der Waals surface area contributed by atoms with E-state index >= 15 is 0 Å². The summed E-state index contributed by atoms with van der Waals surface area (Å²) in [6.45, 7) is 3.86. The van der Waals surface area contributed by atoms with Gasteiger partial charge in [0.1, 0.15) is 5.78 Å². The van der Waals surface area contributed by atoms with E-state index in [1.54, 1.807) is 16.0 Å². The number of nitrogens with zero attached hydrogens (tertiary/aromatic N) is 3. The summed E-state index contributed by atoms with van der Waals surface area (Å²) in [6.07, 6.45) is 0.773.